The molecule has 0 aliphatic carbocycles. The molecule has 6 nitrogen and oxygen atoms in total. The molecular formula is C15H22N4O2. The van der Waals surface area contributed by atoms with Crippen molar-refractivity contribution >= 4 is 11.5 Å². The van der Waals surface area contributed by atoms with Crippen molar-refractivity contribution in [2.75, 3.05) is 24.5 Å². The van der Waals surface area contributed by atoms with Crippen LogP contribution in [0.1, 0.15) is 31.9 Å². The SMILES string of the molecule is Cc1nc(N2CC[C@@H](N3CCC[C@@H]3C)C2)ccc1[N+](=O)[O-]. The number of anilines is 1. The summed E-state index contributed by atoms with van der Waals surface area (Å²) >= 11 is 0. The van der Waals surface area contributed by atoms with Gasteiger partial charge in [0, 0.05) is 31.2 Å². The lowest BCUT2D eigenvalue weighted by molar-refractivity contribution is -0.385. The predicted molar refractivity (Wildman–Crippen MR) is 81.6 cm³/mol. The normalized spacial score (nSPS) is 26.5. The van der Waals surface area contributed by atoms with E-state index in [0.717, 1.165) is 25.3 Å². The highest BCUT2D eigenvalue weighted by Gasteiger charge is 2.33. The van der Waals surface area contributed by atoms with Gasteiger partial charge in [-0.05, 0) is 45.7 Å². The van der Waals surface area contributed by atoms with E-state index >= 15 is 0 Å². The maximum absolute atomic E-state index is 10.9. The fraction of sp³-hybridized carbons (Fsp3) is 0.667. The van der Waals surface area contributed by atoms with Crippen molar-refractivity contribution in [3.8, 4) is 0 Å². The summed E-state index contributed by atoms with van der Waals surface area (Å²) in [5.41, 5.74) is 0.596. The zero-order valence-electron chi connectivity index (χ0n) is 12.7. The summed E-state index contributed by atoms with van der Waals surface area (Å²) in [7, 11) is 0. The number of aryl methyl sites for hydroxylation is 1. The fourth-order valence-electron chi connectivity index (χ4n) is 3.63. The smallest absolute Gasteiger partial charge is 0.290 e. The molecule has 2 fully saturated rings. The van der Waals surface area contributed by atoms with Crippen LogP contribution in [0.5, 0.6) is 0 Å². The third kappa shape index (κ3) is 2.72. The minimum Gasteiger partial charge on any atom is -0.355 e. The van der Waals surface area contributed by atoms with E-state index in [9.17, 15) is 10.1 Å². The zero-order chi connectivity index (χ0) is 15.0. The summed E-state index contributed by atoms with van der Waals surface area (Å²) in [6, 6.07) is 4.63. The lowest BCUT2D eigenvalue weighted by atomic mass is 10.2. The van der Waals surface area contributed by atoms with Crippen molar-refractivity contribution in [1.82, 2.24) is 9.88 Å². The number of aromatic nitrogens is 1. The Hall–Kier alpha value is -1.69. The molecule has 2 saturated heterocycles. The van der Waals surface area contributed by atoms with Crippen LogP contribution in [0.4, 0.5) is 11.5 Å². The zero-order valence-corrected chi connectivity index (χ0v) is 12.7. The molecule has 3 rings (SSSR count). The van der Waals surface area contributed by atoms with E-state index in [-0.39, 0.29) is 10.6 Å². The van der Waals surface area contributed by atoms with Crippen molar-refractivity contribution in [3.05, 3.63) is 27.9 Å². The molecule has 0 bridgehead atoms. The van der Waals surface area contributed by atoms with Crippen molar-refractivity contribution in [2.45, 2.75) is 45.2 Å². The van der Waals surface area contributed by atoms with Gasteiger partial charge in [0.05, 0.1) is 4.92 Å². The summed E-state index contributed by atoms with van der Waals surface area (Å²) in [5.74, 6) is 0.868. The summed E-state index contributed by atoms with van der Waals surface area (Å²) in [6.45, 7) is 7.18. The molecule has 114 valence electrons. The van der Waals surface area contributed by atoms with Crippen LogP contribution in [-0.2, 0) is 0 Å². The van der Waals surface area contributed by atoms with E-state index in [1.54, 1.807) is 19.1 Å². The lowest BCUT2D eigenvalue weighted by Crippen LogP contribution is -2.39. The number of nitro groups is 1. The van der Waals surface area contributed by atoms with Crippen LogP contribution in [-0.4, -0.2) is 46.5 Å². The molecule has 0 spiro atoms. The maximum atomic E-state index is 10.9. The fourth-order valence-corrected chi connectivity index (χ4v) is 3.63. The number of hydrogen-bond donors (Lipinski definition) is 0. The second-order valence-corrected chi connectivity index (χ2v) is 6.15. The van der Waals surface area contributed by atoms with Crippen LogP contribution >= 0.6 is 0 Å². The average Bonchev–Trinajstić information content (AvgIpc) is 3.06. The van der Waals surface area contributed by atoms with Gasteiger partial charge in [-0.1, -0.05) is 0 Å². The maximum Gasteiger partial charge on any atom is 0.290 e. The van der Waals surface area contributed by atoms with Gasteiger partial charge in [-0.2, -0.15) is 0 Å². The van der Waals surface area contributed by atoms with Gasteiger partial charge in [-0.25, -0.2) is 4.98 Å². The van der Waals surface area contributed by atoms with Crippen molar-refractivity contribution < 1.29 is 4.92 Å². The third-order valence-corrected chi connectivity index (χ3v) is 4.80. The van der Waals surface area contributed by atoms with Gasteiger partial charge < -0.3 is 4.90 Å². The second-order valence-electron chi connectivity index (χ2n) is 6.15. The van der Waals surface area contributed by atoms with Gasteiger partial charge in [-0.3, -0.25) is 15.0 Å². The highest BCUT2D eigenvalue weighted by atomic mass is 16.6. The Kier molecular flexibility index (Phi) is 3.80. The second kappa shape index (κ2) is 5.60. The van der Waals surface area contributed by atoms with Gasteiger partial charge in [0.25, 0.3) is 5.69 Å². The van der Waals surface area contributed by atoms with Crippen LogP contribution in [0.25, 0.3) is 0 Å². The molecule has 1 aromatic heterocycles. The highest BCUT2D eigenvalue weighted by molar-refractivity contribution is 5.47. The van der Waals surface area contributed by atoms with E-state index in [1.165, 1.54) is 19.4 Å². The monoisotopic (exact) mass is 290 g/mol. The minimum absolute atomic E-state index is 0.0997. The molecule has 0 unspecified atom stereocenters. The van der Waals surface area contributed by atoms with Crippen LogP contribution in [0.3, 0.4) is 0 Å². The predicted octanol–water partition coefficient (Wildman–Crippen LogP) is 2.36. The van der Waals surface area contributed by atoms with Crippen molar-refractivity contribution in [1.29, 1.82) is 0 Å². The first-order chi connectivity index (χ1) is 10.1. The molecule has 3 heterocycles. The molecule has 0 radical (unpaired) electrons. The molecule has 0 amide bonds. The Morgan fingerprint density at radius 1 is 1.33 bits per heavy atom. The first kappa shape index (κ1) is 14.3. The first-order valence-corrected chi connectivity index (χ1v) is 7.69. The minimum atomic E-state index is -0.370. The van der Waals surface area contributed by atoms with Crippen molar-refractivity contribution in [3.63, 3.8) is 0 Å². The summed E-state index contributed by atoms with van der Waals surface area (Å²) in [4.78, 5) is 19.8. The van der Waals surface area contributed by atoms with Gasteiger partial charge in [0.15, 0.2) is 0 Å². The number of rotatable bonds is 3. The largest absolute Gasteiger partial charge is 0.355 e. The van der Waals surface area contributed by atoms with Crippen LogP contribution in [0, 0.1) is 17.0 Å². The van der Waals surface area contributed by atoms with Crippen LogP contribution < -0.4 is 4.90 Å². The quantitative estimate of drug-likeness (QED) is 0.631. The van der Waals surface area contributed by atoms with Crippen molar-refractivity contribution in [2.24, 2.45) is 0 Å². The Morgan fingerprint density at radius 3 is 2.76 bits per heavy atom. The number of likely N-dealkylation sites (tertiary alicyclic amines) is 1. The van der Waals surface area contributed by atoms with Gasteiger partial charge in [0.2, 0.25) is 0 Å². The molecule has 1 aromatic rings. The topological polar surface area (TPSA) is 62.5 Å². The Labute approximate surface area is 124 Å². The first-order valence-electron chi connectivity index (χ1n) is 7.69. The lowest BCUT2D eigenvalue weighted by Gasteiger charge is -2.28. The summed E-state index contributed by atoms with van der Waals surface area (Å²) in [6.07, 6.45) is 3.75. The summed E-state index contributed by atoms with van der Waals surface area (Å²) < 4.78 is 0. The molecule has 0 saturated carbocycles. The molecule has 0 N–H and O–H groups in total. The van der Waals surface area contributed by atoms with Gasteiger partial charge in [0.1, 0.15) is 11.5 Å². The van der Waals surface area contributed by atoms with E-state index in [1.807, 2.05) is 0 Å². The van der Waals surface area contributed by atoms with E-state index in [0.29, 0.717) is 17.8 Å². The average molecular weight is 290 g/mol. The van der Waals surface area contributed by atoms with Crippen LogP contribution in [0.15, 0.2) is 12.1 Å². The van der Waals surface area contributed by atoms with Crippen LogP contribution in [0.2, 0.25) is 0 Å². The number of hydrogen-bond acceptors (Lipinski definition) is 5. The van der Waals surface area contributed by atoms with Gasteiger partial charge in [-0.15, -0.1) is 0 Å². The Bertz CT molecular complexity index is 548. The van der Waals surface area contributed by atoms with E-state index in [2.05, 4.69) is 21.7 Å². The standard InChI is InChI=1S/C15H22N4O2/c1-11-4-3-8-18(11)13-7-9-17(10-13)15-6-5-14(19(20)21)12(2)16-15/h5-6,11,13H,3-4,7-10H2,1-2H3/t11-,13+/m0/s1. The molecule has 0 aromatic carbocycles. The molecule has 2 atom stereocenters. The van der Waals surface area contributed by atoms with Gasteiger partial charge >= 0.3 is 0 Å². The molecule has 6 heteroatoms. The highest BCUT2D eigenvalue weighted by Crippen LogP contribution is 2.28. The molecule has 21 heavy (non-hydrogen) atoms. The number of pyridine rings is 1. The summed E-state index contributed by atoms with van der Waals surface area (Å²) in [5, 5.41) is 10.9. The van der Waals surface area contributed by atoms with E-state index in [4.69, 9.17) is 0 Å². The molecule has 2 aliphatic rings. The third-order valence-electron chi connectivity index (χ3n) is 4.80. The molecular weight excluding hydrogens is 268 g/mol. The Morgan fingerprint density at radius 2 is 2.14 bits per heavy atom. The molecule has 2 aliphatic heterocycles. The number of nitrogens with zero attached hydrogens (tertiary/aromatic N) is 4. The Balaban J connectivity index is 1.71. The van der Waals surface area contributed by atoms with E-state index < -0.39 is 0 Å².